The number of aromatic nitrogens is 1. The largest absolute Gasteiger partial charge is 0.504 e. The highest BCUT2D eigenvalue weighted by Gasteiger charge is 2.19. The van der Waals surface area contributed by atoms with Gasteiger partial charge in [-0.15, -0.1) is 0 Å². The number of fused-ring (bicyclic) bond motifs is 1. The molecule has 1 aromatic carbocycles. The molecule has 2 aromatic rings. The molecular formula is C10H10ClNO4. The number of halogens is 1. The smallest absolute Gasteiger partial charge is 0.290 e. The van der Waals surface area contributed by atoms with Gasteiger partial charge in [0.15, 0.2) is 17.1 Å². The Bertz CT molecular complexity index is 611. The van der Waals surface area contributed by atoms with Crippen molar-refractivity contribution in [1.29, 1.82) is 0 Å². The molecule has 0 bridgehead atoms. The molecule has 0 radical (unpaired) electrons. The second kappa shape index (κ2) is 3.45. The van der Waals surface area contributed by atoms with Gasteiger partial charge in [0.2, 0.25) is 0 Å². The van der Waals surface area contributed by atoms with Crippen LogP contribution in [0.1, 0.15) is 19.9 Å². The number of rotatable bonds is 1. The van der Waals surface area contributed by atoms with Crippen LogP contribution in [0.2, 0.25) is 5.02 Å². The van der Waals surface area contributed by atoms with E-state index in [0.29, 0.717) is 0 Å². The highest BCUT2D eigenvalue weighted by atomic mass is 35.5. The minimum absolute atomic E-state index is 0.0793. The van der Waals surface area contributed by atoms with E-state index in [4.69, 9.17) is 16.1 Å². The summed E-state index contributed by atoms with van der Waals surface area (Å²) in [5, 5.41) is 18.7. The summed E-state index contributed by atoms with van der Waals surface area (Å²) in [6.07, 6.45) is 0. The van der Waals surface area contributed by atoms with Gasteiger partial charge in [-0.05, 0) is 13.8 Å². The topological polar surface area (TPSA) is 75.6 Å². The van der Waals surface area contributed by atoms with E-state index >= 15 is 0 Å². The highest BCUT2D eigenvalue weighted by Crippen LogP contribution is 2.38. The molecule has 1 heterocycles. The molecule has 0 saturated heterocycles. The molecule has 1 aromatic heterocycles. The normalized spacial score (nSPS) is 11.5. The molecule has 0 amide bonds. The van der Waals surface area contributed by atoms with Gasteiger partial charge in [-0.2, -0.15) is 4.74 Å². The summed E-state index contributed by atoms with van der Waals surface area (Å²) in [5.41, 5.74) is -0.308. The number of phenolic OH excluding ortho intramolecular Hbond substituents is 2. The zero-order valence-corrected chi connectivity index (χ0v) is 9.45. The number of phenols is 2. The maximum atomic E-state index is 11.8. The first kappa shape index (κ1) is 10.9. The summed E-state index contributed by atoms with van der Waals surface area (Å²) in [5.74, 6) is -0.926. The van der Waals surface area contributed by atoms with Crippen LogP contribution >= 0.6 is 11.6 Å². The summed E-state index contributed by atoms with van der Waals surface area (Å²) in [6.45, 7) is 3.55. The summed E-state index contributed by atoms with van der Waals surface area (Å²) in [6, 6.07) is 0.974. The molecule has 16 heavy (non-hydrogen) atoms. The third-order valence-corrected chi connectivity index (χ3v) is 2.62. The van der Waals surface area contributed by atoms with Crippen molar-refractivity contribution in [3.63, 3.8) is 0 Å². The van der Waals surface area contributed by atoms with E-state index in [1.807, 2.05) is 0 Å². The lowest BCUT2D eigenvalue weighted by Crippen LogP contribution is -2.15. The van der Waals surface area contributed by atoms with Crippen molar-refractivity contribution in [2.75, 3.05) is 0 Å². The second-order valence-corrected chi connectivity index (χ2v) is 4.13. The minimum atomic E-state index is -0.487. The van der Waals surface area contributed by atoms with Crippen LogP contribution in [0.15, 0.2) is 15.4 Å². The predicted molar refractivity (Wildman–Crippen MR) is 59.2 cm³/mol. The fourth-order valence-electron chi connectivity index (χ4n) is 1.46. The number of benzene rings is 1. The first-order chi connectivity index (χ1) is 7.43. The van der Waals surface area contributed by atoms with Crippen molar-refractivity contribution in [2.24, 2.45) is 0 Å². The third-order valence-electron chi connectivity index (χ3n) is 2.26. The van der Waals surface area contributed by atoms with Gasteiger partial charge in [0, 0.05) is 6.07 Å². The number of nitrogens with zero attached hydrogens (tertiary/aromatic N) is 1. The van der Waals surface area contributed by atoms with Crippen LogP contribution in [0.5, 0.6) is 11.5 Å². The van der Waals surface area contributed by atoms with E-state index in [1.54, 1.807) is 13.8 Å². The highest BCUT2D eigenvalue weighted by molar-refractivity contribution is 6.36. The van der Waals surface area contributed by atoms with Crippen LogP contribution < -0.4 is 5.56 Å². The van der Waals surface area contributed by atoms with E-state index in [-0.39, 0.29) is 27.6 Å². The Morgan fingerprint density at radius 3 is 2.62 bits per heavy atom. The molecule has 5 nitrogen and oxygen atoms in total. The standard InChI is InChI=1S/C10H10ClNO4/c1-4(2)12-10(15)5-3-6(13)8(14)7(11)9(5)16-12/h3-4,13-14H,1-2H3. The van der Waals surface area contributed by atoms with Gasteiger partial charge in [-0.1, -0.05) is 11.6 Å². The lowest BCUT2D eigenvalue weighted by Gasteiger charge is -2.01. The lowest BCUT2D eigenvalue weighted by molar-refractivity contribution is 0.250. The Hall–Kier alpha value is -1.62. The summed E-state index contributed by atoms with van der Waals surface area (Å²) in [7, 11) is 0. The Labute approximate surface area is 95.4 Å². The Kier molecular flexibility index (Phi) is 2.35. The van der Waals surface area contributed by atoms with E-state index < -0.39 is 11.5 Å². The maximum absolute atomic E-state index is 11.8. The molecule has 0 spiro atoms. The van der Waals surface area contributed by atoms with Crippen molar-refractivity contribution in [3.05, 3.63) is 21.4 Å². The quantitative estimate of drug-likeness (QED) is 0.753. The average molecular weight is 244 g/mol. The monoisotopic (exact) mass is 243 g/mol. The molecule has 0 aliphatic rings. The number of hydrogen-bond donors (Lipinski definition) is 2. The van der Waals surface area contributed by atoms with Crippen LogP contribution in [-0.2, 0) is 0 Å². The first-order valence-electron chi connectivity index (χ1n) is 4.69. The molecule has 2 rings (SSSR count). The Balaban J connectivity index is 2.93. The van der Waals surface area contributed by atoms with Gasteiger partial charge in [0.25, 0.3) is 5.56 Å². The SMILES string of the molecule is CC(C)n1oc2c(Cl)c(O)c(O)cc2c1=O. The van der Waals surface area contributed by atoms with Crippen molar-refractivity contribution in [3.8, 4) is 11.5 Å². The minimum Gasteiger partial charge on any atom is -0.504 e. The van der Waals surface area contributed by atoms with Gasteiger partial charge in [0.05, 0.1) is 11.4 Å². The van der Waals surface area contributed by atoms with E-state index in [1.165, 1.54) is 0 Å². The molecule has 2 N–H and O–H groups in total. The fourth-order valence-corrected chi connectivity index (χ4v) is 1.69. The van der Waals surface area contributed by atoms with Crippen LogP contribution in [0.3, 0.4) is 0 Å². The zero-order chi connectivity index (χ0) is 12.0. The van der Waals surface area contributed by atoms with Gasteiger partial charge in [-0.3, -0.25) is 4.79 Å². The van der Waals surface area contributed by atoms with Gasteiger partial charge in [-0.25, -0.2) is 0 Å². The van der Waals surface area contributed by atoms with Crippen molar-refractivity contribution >= 4 is 22.6 Å². The molecule has 0 saturated carbocycles. The molecule has 6 heteroatoms. The summed E-state index contributed by atoms with van der Waals surface area (Å²) < 4.78 is 6.36. The van der Waals surface area contributed by atoms with Crippen molar-refractivity contribution in [1.82, 2.24) is 4.74 Å². The van der Waals surface area contributed by atoms with Crippen molar-refractivity contribution < 1.29 is 14.7 Å². The lowest BCUT2D eigenvalue weighted by atomic mass is 10.2. The van der Waals surface area contributed by atoms with Crippen molar-refractivity contribution in [2.45, 2.75) is 19.9 Å². The zero-order valence-electron chi connectivity index (χ0n) is 8.69. The average Bonchev–Trinajstić information content (AvgIpc) is 2.54. The van der Waals surface area contributed by atoms with Crippen LogP contribution in [0, 0.1) is 0 Å². The molecule has 0 atom stereocenters. The molecule has 0 aliphatic carbocycles. The number of aromatic hydroxyl groups is 2. The van der Waals surface area contributed by atoms with Gasteiger partial charge < -0.3 is 14.7 Å². The fraction of sp³-hybridized carbons (Fsp3) is 0.300. The van der Waals surface area contributed by atoms with E-state index in [0.717, 1.165) is 10.8 Å². The molecule has 0 aliphatic heterocycles. The van der Waals surface area contributed by atoms with Gasteiger partial charge >= 0.3 is 0 Å². The predicted octanol–water partition coefficient (Wildman–Crippen LogP) is 2.24. The molecule has 0 unspecified atom stereocenters. The van der Waals surface area contributed by atoms with Gasteiger partial charge in [0.1, 0.15) is 5.02 Å². The van der Waals surface area contributed by atoms with Crippen LogP contribution in [-0.4, -0.2) is 15.0 Å². The van der Waals surface area contributed by atoms with Crippen LogP contribution in [0.25, 0.3) is 11.0 Å². The summed E-state index contributed by atoms with van der Waals surface area (Å²) >= 11 is 5.77. The van der Waals surface area contributed by atoms with Crippen LogP contribution in [0.4, 0.5) is 0 Å². The Morgan fingerprint density at radius 1 is 1.44 bits per heavy atom. The summed E-state index contributed by atoms with van der Waals surface area (Å²) in [4.78, 5) is 11.8. The van der Waals surface area contributed by atoms with E-state index in [9.17, 15) is 15.0 Å². The molecule has 86 valence electrons. The second-order valence-electron chi connectivity index (χ2n) is 3.75. The van der Waals surface area contributed by atoms with E-state index in [2.05, 4.69) is 0 Å². The maximum Gasteiger partial charge on any atom is 0.290 e. The molecular weight excluding hydrogens is 234 g/mol. The Morgan fingerprint density at radius 2 is 2.06 bits per heavy atom. The first-order valence-corrected chi connectivity index (χ1v) is 5.07. The molecule has 0 fully saturated rings. The number of hydrogen-bond acceptors (Lipinski definition) is 4. The third kappa shape index (κ3) is 1.36.